The molecule has 2 atom stereocenters. The number of nitrogens with two attached hydrogens (primary N) is 1. The Morgan fingerprint density at radius 3 is 2.69 bits per heavy atom. The number of hydrogen-bond donors (Lipinski definition) is 2. The van der Waals surface area contributed by atoms with Gasteiger partial charge in [0.15, 0.2) is 0 Å². The zero-order valence-corrected chi connectivity index (χ0v) is 7.96. The van der Waals surface area contributed by atoms with Gasteiger partial charge in [-0.15, -0.1) is 0 Å². The van der Waals surface area contributed by atoms with Crippen molar-refractivity contribution in [2.75, 3.05) is 6.54 Å². The average molecular weight is 182 g/mol. The third-order valence-corrected chi connectivity index (χ3v) is 3.22. The standard InChI is InChI=1S/C10H18N2O/c11-6-7-2-1-3-9(7)10(13)12-8-4-5-8/h7-9H,1-6,11H2,(H,12,13). The zero-order valence-electron chi connectivity index (χ0n) is 7.96. The third-order valence-electron chi connectivity index (χ3n) is 3.22. The fourth-order valence-electron chi connectivity index (χ4n) is 2.20. The second kappa shape index (κ2) is 3.66. The minimum atomic E-state index is 0.214. The molecule has 2 rings (SSSR count). The van der Waals surface area contributed by atoms with Gasteiger partial charge in [0.1, 0.15) is 0 Å². The zero-order chi connectivity index (χ0) is 9.26. The van der Waals surface area contributed by atoms with Crippen molar-refractivity contribution in [2.45, 2.75) is 38.1 Å². The molecule has 74 valence electrons. The highest BCUT2D eigenvalue weighted by molar-refractivity contribution is 5.79. The molecule has 0 heterocycles. The van der Waals surface area contributed by atoms with Gasteiger partial charge >= 0.3 is 0 Å². The molecule has 2 aliphatic rings. The molecule has 0 aromatic heterocycles. The van der Waals surface area contributed by atoms with Gasteiger partial charge in [0.2, 0.25) is 5.91 Å². The number of nitrogens with one attached hydrogen (secondary N) is 1. The van der Waals surface area contributed by atoms with Crippen LogP contribution in [0.3, 0.4) is 0 Å². The van der Waals surface area contributed by atoms with Crippen LogP contribution in [0.4, 0.5) is 0 Å². The van der Waals surface area contributed by atoms with Gasteiger partial charge in [0, 0.05) is 12.0 Å². The summed E-state index contributed by atoms with van der Waals surface area (Å²) in [7, 11) is 0. The molecular weight excluding hydrogens is 164 g/mol. The molecular formula is C10H18N2O. The summed E-state index contributed by atoms with van der Waals surface area (Å²) in [6.45, 7) is 0.669. The normalized spacial score (nSPS) is 33.3. The van der Waals surface area contributed by atoms with Gasteiger partial charge in [-0.3, -0.25) is 4.79 Å². The monoisotopic (exact) mass is 182 g/mol. The van der Waals surface area contributed by atoms with Crippen LogP contribution in [-0.2, 0) is 4.79 Å². The predicted molar refractivity (Wildman–Crippen MR) is 51.1 cm³/mol. The maximum atomic E-state index is 11.7. The van der Waals surface area contributed by atoms with E-state index in [1.165, 1.54) is 19.3 Å². The molecule has 0 aromatic rings. The summed E-state index contributed by atoms with van der Waals surface area (Å²) in [5, 5.41) is 3.07. The Kier molecular flexibility index (Phi) is 2.54. The van der Waals surface area contributed by atoms with E-state index in [0.717, 1.165) is 12.8 Å². The van der Waals surface area contributed by atoms with Gasteiger partial charge in [0.05, 0.1) is 0 Å². The van der Waals surface area contributed by atoms with Gasteiger partial charge in [-0.05, 0) is 38.1 Å². The Labute approximate surface area is 79.1 Å². The smallest absolute Gasteiger partial charge is 0.223 e. The van der Waals surface area contributed by atoms with E-state index in [9.17, 15) is 4.79 Å². The Hall–Kier alpha value is -0.570. The number of rotatable bonds is 3. The van der Waals surface area contributed by atoms with Crippen molar-refractivity contribution < 1.29 is 4.79 Å². The topological polar surface area (TPSA) is 55.1 Å². The fraction of sp³-hybridized carbons (Fsp3) is 0.900. The van der Waals surface area contributed by atoms with Crippen molar-refractivity contribution in [1.29, 1.82) is 0 Å². The van der Waals surface area contributed by atoms with Crippen LogP contribution in [-0.4, -0.2) is 18.5 Å². The van der Waals surface area contributed by atoms with Crippen LogP contribution in [0.15, 0.2) is 0 Å². The molecule has 2 saturated carbocycles. The molecule has 0 aliphatic heterocycles. The highest BCUT2D eigenvalue weighted by atomic mass is 16.2. The highest BCUT2D eigenvalue weighted by Crippen LogP contribution is 2.32. The molecule has 0 spiro atoms. The van der Waals surface area contributed by atoms with E-state index in [2.05, 4.69) is 5.32 Å². The first kappa shape index (κ1) is 9.00. The van der Waals surface area contributed by atoms with E-state index in [1.54, 1.807) is 0 Å². The molecule has 2 fully saturated rings. The largest absolute Gasteiger partial charge is 0.353 e. The lowest BCUT2D eigenvalue weighted by Crippen LogP contribution is -2.36. The number of carbonyl (C=O) groups is 1. The lowest BCUT2D eigenvalue weighted by atomic mass is 9.95. The van der Waals surface area contributed by atoms with E-state index in [-0.39, 0.29) is 11.8 Å². The predicted octanol–water partition coefficient (Wildman–Crippen LogP) is 0.640. The molecule has 0 aromatic carbocycles. The van der Waals surface area contributed by atoms with E-state index in [4.69, 9.17) is 5.73 Å². The summed E-state index contributed by atoms with van der Waals surface area (Å²) in [5.41, 5.74) is 5.63. The summed E-state index contributed by atoms with van der Waals surface area (Å²) < 4.78 is 0. The van der Waals surface area contributed by atoms with Crippen LogP contribution < -0.4 is 11.1 Å². The SMILES string of the molecule is NCC1CCCC1C(=O)NC1CC1. The van der Waals surface area contributed by atoms with Gasteiger partial charge in [-0.2, -0.15) is 0 Å². The maximum Gasteiger partial charge on any atom is 0.223 e. The van der Waals surface area contributed by atoms with Gasteiger partial charge in [-0.1, -0.05) is 6.42 Å². The van der Waals surface area contributed by atoms with E-state index >= 15 is 0 Å². The summed E-state index contributed by atoms with van der Waals surface area (Å²) in [4.78, 5) is 11.7. The van der Waals surface area contributed by atoms with Crippen LogP contribution >= 0.6 is 0 Å². The molecule has 3 nitrogen and oxygen atoms in total. The third kappa shape index (κ3) is 2.02. The molecule has 3 heteroatoms. The summed E-state index contributed by atoms with van der Waals surface area (Å²) in [5.74, 6) is 0.916. The van der Waals surface area contributed by atoms with Crippen molar-refractivity contribution in [3.63, 3.8) is 0 Å². The highest BCUT2D eigenvalue weighted by Gasteiger charge is 2.34. The lowest BCUT2D eigenvalue weighted by molar-refractivity contribution is -0.126. The first-order valence-electron chi connectivity index (χ1n) is 5.31. The second-order valence-corrected chi connectivity index (χ2v) is 4.32. The Balaban J connectivity index is 1.86. The molecule has 13 heavy (non-hydrogen) atoms. The summed E-state index contributed by atoms with van der Waals surface area (Å²) in [6.07, 6.45) is 5.70. The van der Waals surface area contributed by atoms with E-state index < -0.39 is 0 Å². The quantitative estimate of drug-likeness (QED) is 0.673. The Bertz CT molecular complexity index is 201. The molecule has 1 amide bonds. The second-order valence-electron chi connectivity index (χ2n) is 4.32. The van der Waals surface area contributed by atoms with Gasteiger partial charge < -0.3 is 11.1 Å². The number of carbonyl (C=O) groups excluding carboxylic acids is 1. The van der Waals surface area contributed by atoms with Crippen LogP contribution in [0.25, 0.3) is 0 Å². The van der Waals surface area contributed by atoms with E-state index in [1.807, 2.05) is 0 Å². The van der Waals surface area contributed by atoms with Gasteiger partial charge in [-0.25, -0.2) is 0 Å². The summed E-state index contributed by atoms with van der Waals surface area (Å²) in [6, 6.07) is 0.492. The van der Waals surface area contributed by atoms with Crippen molar-refractivity contribution in [3.8, 4) is 0 Å². The molecule has 0 radical (unpaired) electrons. The fourth-order valence-corrected chi connectivity index (χ4v) is 2.20. The van der Waals surface area contributed by atoms with Crippen molar-refractivity contribution in [2.24, 2.45) is 17.6 Å². The minimum absolute atomic E-state index is 0.214. The van der Waals surface area contributed by atoms with Crippen molar-refractivity contribution in [1.82, 2.24) is 5.32 Å². The van der Waals surface area contributed by atoms with Crippen molar-refractivity contribution in [3.05, 3.63) is 0 Å². The number of hydrogen-bond acceptors (Lipinski definition) is 2. The van der Waals surface area contributed by atoms with Crippen LogP contribution in [0.5, 0.6) is 0 Å². The molecule has 2 unspecified atom stereocenters. The van der Waals surface area contributed by atoms with Crippen molar-refractivity contribution >= 4 is 5.91 Å². The lowest BCUT2D eigenvalue weighted by Gasteiger charge is -2.16. The molecule has 2 aliphatic carbocycles. The first-order chi connectivity index (χ1) is 6.31. The number of amides is 1. The Morgan fingerprint density at radius 2 is 2.08 bits per heavy atom. The molecule has 0 bridgehead atoms. The Morgan fingerprint density at radius 1 is 1.31 bits per heavy atom. The molecule has 3 N–H and O–H groups in total. The summed E-state index contributed by atoms with van der Waals surface area (Å²) >= 11 is 0. The van der Waals surface area contributed by atoms with Gasteiger partial charge in [0.25, 0.3) is 0 Å². The first-order valence-corrected chi connectivity index (χ1v) is 5.31. The minimum Gasteiger partial charge on any atom is -0.353 e. The van der Waals surface area contributed by atoms with Crippen LogP contribution in [0, 0.1) is 11.8 Å². The average Bonchev–Trinajstić information content (AvgIpc) is 2.82. The maximum absolute atomic E-state index is 11.7. The van der Waals surface area contributed by atoms with Crippen LogP contribution in [0.2, 0.25) is 0 Å². The molecule has 0 saturated heterocycles. The van der Waals surface area contributed by atoms with E-state index in [0.29, 0.717) is 18.5 Å². The van der Waals surface area contributed by atoms with Crippen LogP contribution in [0.1, 0.15) is 32.1 Å².